The van der Waals surface area contributed by atoms with Crippen LogP contribution >= 0.6 is 11.8 Å². The van der Waals surface area contributed by atoms with Gasteiger partial charge in [0.15, 0.2) is 0 Å². The molecular weight excluding hydrogens is 392 g/mol. The minimum absolute atomic E-state index is 0.0572. The van der Waals surface area contributed by atoms with Crippen LogP contribution in [-0.4, -0.2) is 55.0 Å². The van der Waals surface area contributed by atoms with Gasteiger partial charge >= 0.3 is 0 Å². The largest absolute Gasteiger partial charge is 0.339 e. The zero-order valence-electron chi connectivity index (χ0n) is 16.5. The predicted octanol–water partition coefficient (Wildman–Crippen LogP) is 3.32. The number of thioether (sulfide) groups is 1. The molecule has 0 aromatic heterocycles. The third kappa shape index (κ3) is 4.59. The average molecular weight is 419 g/mol. The van der Waals surface area contributed by atoms with Crippen LogP contribution in [0, 0.1) is 13.8 Å². The molecule has 0 saturated carbocycles. The van der Waals surface area contributed by atoms with Gasteiger partial charge in [0.1, 0.15) is 0 Å². The van der Waals surface area contributed by atoms with Crippen molar-refractivity contribution in [3.8, 4) is 0 Å². The summed E-state index contributed by atoms with van der Waals surface area (Å²) in [5.41, 5.74) is 2.38. The van der Waals surface area contributed by atoms with Gasteiger partial charge in [-0.15, -0.1) is 11.8 Å². The predicted molar refractivity (Wildman–Crippen MR) is 113 cm³/mol. The Labute approximate surface area is 171 Å². The number of aryl methyl sites for hydroxylation is 2. The Morgan fingerprint density at radius 3 is 2.25 bits per heavy atom. The Kier molecular flexibility index (Phi) is 6.47. The SMILES string of the molecule is Cc1ccc(S[C@H](C)C(=O)N2CCN(S(=O)(=O)c3ccccc3)CC2)c(C)c1. The molecule has 3 rings (SSSR count). The van der Waals surface area contributed by atoms with Gasteiger partial charge < -0.3 is 4.90 Å². The second kappa shape index (κ2) is 8.68. The second-order valence-corrected chi connectivity index (χ2v) is 10.4. The van der Waals surface area contributed by atoms with Crippen molar-refractivity contribution in [2.24, 2.45) is 0 Å². The minimum Gasteiger partial charge on any atom is -0.339 e. The first-order chi connectivity index (χ1) is 13.3. The van der Waals surface area contributed by atoms with Crippen LogP contribution < -0.4 is 0 Å². The van der Waals surface area contributed by atoms with Crippen molar-refractivity contribution >= 4 is 27.7 Å². The third-order valence-electron chi connectivity index (χ3n) is 4.91. The lowest BCUT2D eigenvalue weighted by Crippen LogP contribution is -2.52. The number of carbonyl (C=O) groups excluding carboxylic acids is 1. The summed E-state index contributed by atoms with van der Waals surface area (Å²) in [6.07, 6.45) is 0. The van der Waals surface area contributed by atoms with E-state index in [1.165, 1.54) is 15.4 Å². The van der Waals surface area contributed by atoms with Gasteiger partial charge in [-0.2, -0.15) is 4.31 Å². The Balaban J connectivity index is 1.60. The maximum atomic E-state index is 12.8. The van der Waals surface area contributed by atoms with Crippen LogP contribution in [-0.2, 0) is 14.8 Å². The van der Waals surface area contributed by atoms with Gasteiger partial charge in [-0.3, -0.25) is 4.79 Å². The lowest BCUT2D eigenvalue weighted by molar-refractivity contribution is -0.131. The third-order valence-corrected chi connectivity index (χ3v) is 8.09. The van der Waals surface area contributed by atoms with Gasteiger partial charge in [0.2, 0.25) is 15.9 Å². The molecule has 1 atom stereocenters. The molecule has 1 heterocycles. The summed E-state index contributed by atoms with van der Waals surface area (Å²) in [7, 11) is -3.50. The van der Waals surface area contributed by atoms with Crippen LogP contribution in [0.5, 0.6) is 0 Å². The molecule has 1 aliphatic heterocycles. The van der Waals surface area contributed by atoms with E-state index < -0.39 is 10.0 Å². The maximum Gasteiger partial charge on any atom is 0.243 e. The number of carbonyl (C=O) groups is 1. The van der Waals surface area contributed by atoms with Gasteiger partial charge in [-0.1, -0.05) is 35.9 Å². The van der Waals surface area contributed by atoms with Crippen molar-refractivity contribution in [1.29, 1.82) is 0 Å². The van der Waals surface area contributed by atoms with Crippen LogP contribution in [0.2, 0.25) is 0 Å². The van der Waals surface area contributed by atoms with E-state index in [4.69, 9.17) is 0 Å². The second-order valence-electron chi connectivity index (χ2n) is 7.07. The number of piperazine rings is 1. The molecule has 1 aliphatic rings. The average Bonchev–Trinajstić information content (AvgIpc) is 2.70. The molecule has 0 bridgehead atoms. The topological polar surface area (TPSA) is 57.7 Å². The standard InChI is InChI=1S/C21H26N2O3S2/c1-16-9-10-20(17(2)15-16)27-18(3)21(24)22-11-13-23(14-12-22)28(25,26)19-7-5-4-6-8-19/h4-10,15,18H,11-14H2,1-3H3/t18-/m1/s1. The number of benzene rings is 2. The van der Waals surface area contributed by atoms with E-state index in [-0.39, 0.29) is 11.2 Å². The number of sulfonamides is 1. The van der Waals surface area contributed by atoms with E-state index in [0.29, 0.717) is 31.1 Å². The first kappa shape index (κ1) is 20.9. The Bertz CT molecular complexity index is 937. The first-order valence-corrected chi connectivity index (χ1v) is 11.7. The Hall–Kier alpha value is -1.83. The van der Waals surface area contributed by atoms with E-state index in [1.807, 2.05) is 6.92 Å². The molecule has 0 spiro atoms. The molecule has 28 heavy (non-hydrogen) atoms. The molecule has 7 heteroatoms. The smallest absolute Gasteiger partial charge is 0.243 e. The normalized spacial score (nSPS) is 16.8. The number of rotatable bonds is 5. The van der Waals surface area contributed by atoms with Crippen molar-refractivity contribution in [3.63, 3.8) is 0 Å². The molecule has 0 unspecified atom stereocenters. The number of hydrogen-bond acceptors (Lipinski definition) is 4. The molecule has 1 amide bonds. The Morgan fingerprint density at radius 1 is 1.00 bits per heavy atom. The van der Waals surface area contributed by atoms with Gasteiger partial charge in [-0.25, -0.2) is 8.42 Å². The number of hydrogen-bond donors (Lipinski definition) is 0. The fourth-order valence-corrected chi connectivity index (χ4v) is 5.79. The molecule has 0 N–H and O–H groups in total. The van der Waals surface area contributed by atoms with Crippen molar-refractivity contribution in [2.45, 2.75) is 35.8 Å². The molecular formula is C21H26N2O3S2. The summed E-state index contributed by atoms with van der Waals surface area (Å²) in [4.78, 5) is 16.0. The molecule has 0 radical (unpaired) electrons. The molecule has 1 saturated heterocycles. The molecule has 2 aromatic rings. The summed E-state index contributed by atoms with van der Waals surface area (Å²) in [5.74, 6) is 0.0572. The highest BCUT2D eigenvalue weighted by Gasteiger charge is 2.31. The highest BCUT2D eigenvalue weighted by molar-refractivity contribution is 8.00. The summed E-state index contributed by atoms with van der Waals surface area (Å²) < 4.78 is 26.9. The number of nitrogens with zero attached hydrogens (tertiary/aromatic N) is 2. The lowest BCUT2D eigenvalue weighted by Gasteiger charge is -2.35. The van der Waals surface area contributed by atoms with E-state index in [9.17, 15) is 13.2 Å². The highest BCUT2D eigenvalue weighted by Crippen LogP contribution is 2.28. The molecule has 5 nitrogen and oxygen atoms in total. The summed E-state index contributed by atoms with van der Waals surface area (Å²) in [5, 5.41) is -0.210. The van der Waals surface area contributed by atoms with Crippen molar-refractivity contribution < 1.29 is 13.2 Å². The fraction of sp³-hybridized carbons (Fsp3) is 0.381. The van der Waals surface area contributed by atoms with Crippen LogP contribution in [0.1, 0.15) is 18.1 Å². The lowest BCUT2D eigenvalue weighted by atomic mass is 10.2. The Morgan fingerprint density at radius 2 is 1.64 bits per heavy atom. The molecule has 0 aliphatic carbocycles. The van der Waals surface area contributed by atoms with Crippen LogP contribution in [0.3, 0.4) is 0 Å². The quantitative estimate of drug-likeness (QED) is 0.699. The van der Waals surface area contributed by atoms with Gasteiger partial charge in [0.05, 0.1) is 10.1 Å². The highest BCUT2D eigenvalue weighted by atomic mass is 32.2. The van der Waals surface area contributed by atoms with Crippen LogP contribution in [0.25, 0.3) is 0 Å². The van der Waals surface area contributed by atoms with Crippen molar-refractivity contribution in [1.82, 2.24) is 9.21 Å². The van der Waals surface area contributed by atoms with Gasteiger partial charge in [0, 0.05) is 31.1 Å². The maximum absolute atomic E-state index is 12.8. The summed E-state index contributed by atoms with van der Waals surface area (Å²) in [6.45, 7) is 7.51. The van der Waals surface area contributed by atoms with E-state index in [2.05, 4.69) is 32.0 Å². The number of amides is 1. The zero-order valence-corrected chi connectivity index (χ0v) is 18.1. The van der Waals surface area contributed by atoms with Crippen LogP contribution in [0.4, 0.5) is 0 Å². The fourth-order valence-electron chi connectivity index (χ4n) is 3.32. The van der Waals surface area contributed by atoms with Crippen LogP contribution in [0.15, 0.2) is 58.3 Å². The van der Waals surface area contributed by atoms with E-state index in [0.717, 1.165) is 4.90 Å². The van der Waals surface area contributed by atoms with E-state index in [1.54, 1.807) is 47.0 Å². The molecule has 150 valence electrons. The summed E-state index contributed by atoms with van der Waals surface area (Å²) >= 11 is 1.56. The van der Waals surface area contributed by atoms with Crippen molar-refractivity contribution in [2.75, 3.05) is 26.2 Å². The zero-order chi connectivity index (χ0) is 20.3. The first-order valence-electron chi connectivity index (χ1n) is 9.37. The van der Waals surface area contributed by atoms with Gasteiger partial charge in [-0.05, 0) is 44.5 Å². The molecule has 1 fully saturated rings. The van der Waals surface area contributed by atoms with Gasteiger partial charge in [0.25, 0.3) is 0 Å². The summed E-state index contributed by atoms with van der Waals surface area (Å²) in [6, 6.07) is 14.7. The minimum atomic E-state index is -3.50. The van der Waals surface area contributed by atoms with E-state index >= 15 is 0 Å². The molecule has 2 aromatic carbocycles. The van der Waals surface area contributed by atoms with Crippen molar-refractivity contribution in [3.05, 3.63) is 59.7 Å². The monoisotopic (exact) mass is 418 g/mol.